The zero-order valence-electron chi connectivity index (χ0n) is 16.0. The van der Waals surface area contributed by atoms with Gasteiger partial charge in [0.2, 0.25) is 0 Å². The van der Waals surface area contributed by atoms with Gasteiger partial charge in [0.05, 0.1) is 17.7 Å². The molecule has 4 aromatic carbocycles. The van der Waals surface area contributed by atoms with E-state index in [0.29, 0.717) is 5.39 Å². The van der Waals surface area contributed by atoms with Gasteiger partial charge in [-0.25, -0.2) is 4.79 Å². The lowest BCUT2D eigenvalue weighted by atomic mass is 10.1. The molecule has 0 fully saturated rings. The van der Waals surface area contributed by atoms with E-state index in [1.807, 2.05) is 30.3 Å². The number of phenolic OH excluding ortho intramolecular Hbond substituents is 2. The molecule has 0 saturated heterocycles. The number of hydrogen-bond donors (Lipinski definition) is 3. The van der Waals surface area contributed by atoms with Crippen molar-refractivity contribution in [1.82, 2.24) is 5.32 Å². The number of ether oxygens (including phenoxy) is 1. The minimum Gasteiger partial charge on any atom is -0.507 e. The van der Waals surface area contributed by atoms with Gasteiger partial charge in [-0.15, -0.1) is 0 Å². The second-order valence-corrected chi connectivity index (χ2v) is 6.82. The van der Waals surface area contributed by atoms with Gasteiger partial charge in [0.1, 0.15) is 18.1 Å². The van der Waals surface area contributed by atoms with Crippen LogP contribution in [-0.4, -0.2) is 35.2 Å². The monoisotopic (exact) mass is 401 g/mol. The van der Waals surface area contributed by atoms with Crippen LogP contribution < -0.4 is 5.32 Å². The molecule has 0 spiro atoms. The number of carbonyl (C=O) groups is 2. The lowest BCUT2D eigenvalue weighted by molar-refractivity contribution is 0.0503. The Morgan fingerprint density at radius 1 is 0.800 bits per heavy atom. The highest BCUT2D eigenvalue weighted by Gasteiger charge is 2.14. The number of hydrogen-bond acceptors (Lipinski definition) is 5. The van der Waals surface area contributed by atoms with Crippen molar-refractivity contribution in [1.29, 1.82) is 0 Å². The van der Waals surface area contributed by atoms with Gasteiger partial charge in [-0.2, -0.15) is 0 Å². The van der Waals surface area contributed by atoms with E-state index in [9.17, 15) is 19.8 Å². The van der Waals surface area contributed by atoms with Gasteiger partial charge in [-0.3, -0.25) is 4.79 Å². The first-order chi connectivity index (χ1) is 14.5. The average molecular weight is 401 g/mol. The van der Waals surface area contributed by atoms with Crippen LogP contribution in [0.2, 0.25) is 0 Å². The third-order valence-electron chi connectivity index (χ3n) is 4.81. The van der Waals surface area contributed by atoms with E-state index >= 15 is 0 Å². The maximum absolute atomic E-state index is 12.4. The molecule has 0 aliphatic heterocycles. The Balaban J connectivity index is 1.36. The van der Waals surface area contributed by atoms with Gasteiger partial charge in [0, 0.05) is 5.39 Å². The number of carbonyl (C=O) groups excluding carboxylic acids is 2. The topological polar surface area (TPSA) is 95.9 Å². The second-order valence-electron chi connectivity index (χ2n) is 6.82. The summed E-state index contributed by atoms with van der Waals surface area (Å²) in [6.07, 6.45) is 0. The van der Waals surface area contributed by atoms with Crippen molar-refractivity contribution in [2.45, 2.75) is 0 Å². The molecule has 0 radical (unpaired) electrons. The van der Waals surface area contributed by atoms with Crippen LogP contribution in [0.15, 0.2) is 72.8 Å². The van der Waals surface area contributed by atoms with Crippen molar-refractivity contribution >= 4 is 33.4 Å². The van der Waals surface area contributed by atoms with Crippen molar-refractivity contribution in [2.75, 3.05) is 13.2 Å². The average Bonchev–Trinajstić information content (AvgIpc) is 2.76. The molecule has 0 unspecified atom stereocenters. The van der Waals surface area contributed by atoms with E-state index in [1.165, 1.54) is 12.1 Å². The Labute approximate surface area is 172 Å². The molecule has 6 nitrogen and oxygen atoms in total. The normalized spacial score (nSPS) is 10.8. The Hall–Kier alpha value is -4.06. The summed E-state index contributed by atoms with van der Waals surface area (Å²) in [4.78, 5) is 24.6. The molecule has 3 N–H and O–H groups in total. The molecule has 0 heterocycles. The van der Waals surface area contributed by atoms with Crippen LogP contribution in [0.25, 0.3) is 21.5 Å². The first-order valence-corrected chi connectivity index (χ1v) is 9.42. The Morgan fingerprint density at radius 2 is 1.47 bits per heavy atom. The Morgan fingerprint density at radius 3 is 2.23 bits per heavy atom. The summed E-state index contributed by atoms with van der Waals surface area (Å²) < 4.78 is 5.19. The van der Waals surface area contributed by atoms with Gasteiger partial charge in [-0.1, -0.05) is 48.5 Å². The maximum Gasteiger partial charge on any atom is 0.338 e. The molecular formula is C24H19NO5. The maximum atomic E-state index is 12.4. The van der Waals surface area contributed by atoms with Crippen LogP contribution in [0.5, 0.6) is 11.5 Å². The van der Waals surface area contributed by atoms with Crippen LogP contribution >= 0.6 is 0 Å². The number of fused-ring (bicyclic) bond motifs is 2. The molecule has 0 aliphatic rings. The molecule has 1 amide bonds. The van der Waals surface area contributed by atoms with Crippen molar-refractivity contribution in [3.05, 3.63) is 83.9 Å². The number of benzene rings is 4. The molecule has 4 rings (SSSR count). The highest BCUT2D eigenvalue weighted by molar-refractivity contribution is 6.01. The van der Waals surface area contributed by atoms with Crippen LogP contribution in [0.3, 0.4) is 0 Å². The SMILES string of the molecule is O=C(OCCNC(=O)c1cc2ccccc2cc1O)c1cc(O)c2ccccc2c1. The first kappa shape index (κ1) is 19.3. The van der Waals surface area contributed by atoms with Crippen molar-refractivity contribution in [2.24, 2.45) is 0 Å². The van der Waals surface area contributed by atoms with E-state index in [1.54, 1.807) is 30.3 Å². The fraction of sp³-hybridized carbons (Fsp3) is 0.0833. The van der Waals surface area contributed by atoms with E-state index in [2.05, 4.69) is 5.32 Å². The standard InChI is InChI=1S/C24H19NO5/c26-21-14-18(11-17-7-3-4-8-19(17)21)24(29)30-10-9-25-23(28)20-12-15-5-1-2-6-16(15)13-22(20)27/h1-8,11-14,26-27H,9-10H2,(H,25,28). The fourth-order valence-electron chi connectivity index (χ4n) is 3.31. The molecule has 6 heteroatoms. The van der Waals surface area contributed by atoms with Gasteiger partial charge >= 0.3 is 5.97 Å². The fourth-order valence-corrected chi connectivity index (χ4v) is 3.31. The Kier molecular flexibility index (Phi) is 5.22. The Bertz CT molecular complexity index is 1270. The van der Waals surface area contributed by atoms with Gasteiger partial charge < -0.3 is 20.3 Å². The number of nitrogens with one attached hydrogen (secondary N) is 1. The van der Waals surface area contributed by atoms with E-state index < -0.39 is 11.9 Å². The highest BCUT2D eigenvalue weighted by Crippen LogP contribution is 2.27. The van der Waals surface area contributed by atoms with Crippen LogP contribution in [-0.2, 0) is 4.74 Å². The summed E-state index contributed by atoms with van der Waals surface area (Å²) in [7, 11) is 0. The predicted molar refractivity (Wildman–Crippen MR) is 114 cm³/mol. The zero-order chi connectivity index (χ0) is 21.1. The van der Waals surface area contributed by atoms with Crippen LogP contribution in [0.1, 0.15) is 20.7 Å². The zero-order valence-corrected chi connectivity index (χ0v) is 16.0. The summed E-state index contributed by atoms with van der Waals surface area (Å²) in [5.41, 5.74) is 0.379. The van der Waals surface area contributed by atoms with Gasteiger partial charge in [0.15, 0.2) is 0 Å². The lowest BCUT2D eigenvalue weighted by Gasteiger charge is -2.10. The molecule has 0 bridgehead atoms. The number of rotatable bonds is 5. The summed E-state index contributed by atoms with van der Waals surface area (Å²) >= 11 is 0. The smallest absolute Gasteiger partial charge is 0.338 e. The van der Waals surface area contributed by atoms with Crippen LogP contribution in [0, 0.1) is 0 Å². The molecule has 0 aromatic heterocycles. The van der Waals surface area contributed by atoms with E-state index in [4.69, 9.17) is 4.74 Å². The molecule has 0 saturated carbocycles. The van der Waals surface area contributed by atoms with Gasteiger partial charge in [0.25, 0.3) is 5.91 Å². The molecule has 150 valence electrons. The molecule has 0 aliphatic carbocycles. The molecular weight excluding hydrogens is 382 g/mol. The first-order valence-electron chi connectivity index (χ1n) is 9.42. The third-order valence-corrected chi connectivity index (χ3v) is 4.81. The predicted octanol–water partition coefficient (Wildman–Crippen LogP) is 3.99. The number of esters is 1. The van der Waals surface area contributed by atoms with Crippen molar-refractivity contribution < 1.29 is 24.5 Å². The van der Waals surface area contributed by atoms with Gasteiger partial charge in [-0.05, 0) is 40.4 Å². The van der Waals surface area contributed by atoms with Crippen molar-refractivity contribution in [3.63, 3.8) is 0 Å². The summed E-state index contributed by atoms with van der Waals surface area (Å²) in [6.45, 7) is 0.0307. The summed E-state index contributed by atoms with van der Waals surface area (Å²) in [5, 5.41) is 25.9. The van der Waals surface area contributed by atoms with E-state index in [0.717, 1.165) is 16.2 Å². The van der Waals surface area contributed by atoms with Crippen LogP contribution in [0.4, 0.5) is 0 Å². The molecule has 30 heavy (non-hydrogen) atoms. The quantitative estimate of drug-likeness (QED) is 0.347. The van der Waals surface area contributed by atoms with Crippen molar-refractivity contribution in [3.8, 4) is 11.5 Å². The number of aromatic hydroxyl groups is 2. The molecule has 4 aromatic rings. The number of amides is 1. The summed E-state index contributed by atoms with van der Waals surface area (Å²) in [5.74, 6) is -1.17. The second kappa shape index (κ2) is 8.13. The highest BCUT2D eigenvalue weighted by atomic mass is 16.5. The van der Waals surface area contributed by atoms with E-state index in [-0.39, 0.29) is 35.8 Å². The lowest BCUT2D eigenvalue weighted by Crippen LogP contribution is -2.28. The minimum atomic E-state index is -0.598. The largest absolute Gasteiger partial charge is 0.507 e. The minimum absolute atomic E-state index is 0.000122. The molecule has 0 atom stereocenters. The summed E-state index contributed by atoms with van der Waals surface area (Å²) in [6, 6.07) is 20.7. The number of phenols is 2. The third kappa shape index (κ3) is 3.89.